The highest BCUT2D eigenvalue weighted by atomic mass is 16.5. The fraction of sp³-hybridized carbons (Fsp3) is 0.529. The van der Waals surface area contributed by atoms with Gasteiger partial charge in [0.1, 0.15) is 18.5 Å². The van der Waals surface area contributed by atoms with Crippen molar-refractivity contribution in [1.82, 2.24) is 10.3 Å². The summed E-state index contributed by atoms with van der Waals surface area (Å²) >= 11 is 0. The van der Waals surface area contributed by atoms with Crippen molar-refractivity contribution in [1.29, 1.82) is 0 Å². The molecule has 1 aromatic heterocycles. The summed E-state index contributed by atoms with van der Waals surface area (Å²) in [7, 11) is 0. The second-order valence-corrected chi connectivity index (χ2v) is 5.93. The Kier molecular flexibility index (Phi) is 4.78. The van der Waals surface area contributed by atoms with Gasteiger partial charge >= 0.3 is 0 Å². The number of aromatic amines is 1. The number of hydrogen-bond acceptors (Lipinski definition) is 3. The number of H-pyrrole nitrogens is 1. The van der Waals surface area contributed by atoms with Gasteiger partial charge in [0.25, 0.3) is 0 Å². The monoisotopic (exact) mass is 288 g/mol. The predicted molar refractivity (Wildman–Crippen MR) is 84.7 cm³/mol. The van der Waals surface area contributed by atoms with Crippen molar-refractivity contribution >= 4 is 10.9 Å². The van der Waals surface area contributed by atoms with Crippen LogP contribution in [0.1, 0.15) is 32.1 Å². The molecule has 0 bridgehead atoms. The van der Waals surface area contributed by atoms with Crippen LogP contribution in [0.15, 0.2) is 30.5 Å². The third-order valence-electron chi connectivity index (χ3n) is 4.21. The summed E-state index contributed by atoms with van der Waals surface area (Å²) in [6, 6.07) is 8.51. The minimum atomic E-state index is -0.464. The zero-order valence-electron chi connectivity index (χ0n) is 12.3. The number of ether oxygens (including phenoxy) is 1. The molecule has 0 saturated heterocycles. The molecule has 1 fully saturated rings. The lowest BCUT2D eigenvalue weighted by molar-refractivity contribution is 0.102. The Morgan fingerprint density at radius 3 is 2.95 bits per heavy atom. The molecule has 0 spiro atoms. The van der Waals surface area contributed by atoms with Crippen molar-refractivity contribution in [3.05, 3.63) is 30.5 Å². The van der Waals surface area contributed by atoms with Gasteiger partial charge in [-0.3, -0.25) is 0 Å². The molecule has 0 amide bonds. The first-order chi connectivity index (χ1) is 10.3. The molecule has 114 valence electrons. The summed E-state index contributed by atoms with van der Waals surface area (Å²) < 4.78 is 5.68. The van der Waals surface area contributed by atoms with Crippen LogP contribution in [0.2, 0.25) is 0 Å². The zero-order chi connectivity index (χ0) is 14.5. The van der Waals surface area contributed by atoms with E-state index in [-0.39, 0.29) is 0 Å². The molecule has 1 aliphatic rings. The van der Waals surface area contributed by atoms with Crippen molar-refractivity contribution in [2.24, 2.45) is 0 Å². The van der Waals surface area contributed by atoms with Crippen molar-refractivity contribution in [3.8, 4) is 5.75 Å². The summed E-state index contributed by atoms with van der Waals surface area (Å²) in [5.74, 6) is 0.804. The first-order valence-electron chi connectivity index (χ1n) is 7.92. The predicted octanol–water partition coefficient (Wildman–Crippen LogP) is 2.83. The summed E-state index contributed by atoms with van der Waals surface area (Å²) in [5, 5.41) is 14.6. The third-order valence-corrected chi connectivity index (χ3v) is 4.21. The molecular weight excluding hydrogens is 264 g/mol. The van der Waals surface area contributed by atoms with Crippen LogP contribution in [0.4, 0.5) is 0 Å². The van der Waals surface area contributed by atoms with Crippen LogP contribution in [0, 0.1) is 0 Å². The summed E-state index contributed by atoms with van der Waals surface area (Å²) in [6.07, 6.45) is 7.88. The Morgan fingerprint density at radius 2 is 2.10 bits per heavy atom. The van der Waals surface area contributed by atoms with Crippen LogP contribution in [0.25, 0.3) is 10.9 Å². The van der Waals surface area contributed by atoms with Crippen LogP contribution >= 0.6 is 0 Å². The van der Waals surface area contributed by atoms with E-state index in [2.05, 4.69) is 10.3 Å². The number of rotatable bonds is 6. The summed E-state index contributed by atoms with van der Waals surface area (Å²) in [5.41, 5.74) is 1.10. The molecule has 1 atom stereocenters. The molecule has 1 unspecified atom stereocenters. The molecule has 1 saturated carbocycles. The van der Waals surface area contributed by atoms with Gasteiger partial charge in [0.2, 0.25) is 0 Å². The topological polar surface area (TPSA) is 57.3 Å². The average molecular weight is 288 g/mol. The summed E-state index contributed by atoms with van der Waals surface area (Å²) in [4.78, 5) is 3.15. The van der Waals surface area contributed by atoms with E-state index in [0.29, 0.717) is 19.2 Å². The maximum atomic E-state index is 10.0. The molecule has 4 nitrogen and oxygen atoms in total. The van der Waals surface area contributed by atoms with E-state index in [0.717, 1.165) is 16.7 Å². The second-order valence-electron chi connectivity index (χ2n) is 5.93. The van der Waals surface area contributed by atoms with Crippen LogP contribution < -0.4 is 10.1 Å². The lowest BCUT2D eigenvalue weighted by Gasteiger charge is -2.24. The van der Waals surface area contributed by atoms with Gasteiger partial charge in [-0.2, -0.15) is 0 Å². The lowest BCUT2D eigenvalue weighted by atomic mass is 9.95. The Bertz CT molecular complexity index is 561. The van der Waals surface area contributed by atoms with Crippen LogP contribution in [0.5, 0.6) is 5.75 Å². The fourth-order valence-electron chi connectivity index (χ4n) is 2.98. The van der Waals surface area contributed by atoms with Crippen molar-refractivity contribution in [2.45, 2.75) is 44.2 Å². The van der Waals surface area contributed by atoms with Gasteiger partial charge in [-0.1, -0.05) is 19.3 Å². The normalized spacial score (nSPS) is 18.0. The minimum absolute atomic E-state index is 0.329. The molecule has 3 rings (SSSR count). The van der Waals surface area contributed by atoms with Gasteiger partial charge in [0.15, 0.2) is 0 Å². The average Bonchev–Trinajstić information content (AvgIpc) is 2.99. The smallest absolute Gasteiger partial charge is 0.120 e. The molecule has 2 aromatic rings. The Balaban J connectivity index is 1.43. The Labute approximate surface area is 125 Å². The van der Waals surface area contributed by atoms with Gasteiger partial charge in [-0.25, -0.2) is 0 Å². The Hall–Kier alpha value is -1.52. The molecule has 4 heteroatoms. The molecule has 1 heterocycles. The van der Waals surface area contributed by atoms with Gasteiger partial charge in [0, 0.05) is 29.7 Å². The van der Waals surface area contributed by atoms with E-state index in [1.165, 1.54) is 32.1 Å². The zero-order valence-corrected chi connectivity index (χ0v) is 12.3. The highest BCUT2D eigenvalue weighted by Crippen LogP contribution is 2.20. The van der Waals surface area contributed by atoms with Gasteiger partial charge < -0.3 is 20.1 Å². The van der Waals surface area contributed by atoms with E-state index in [1.807, 2.05) is 30.5 Å². The van der Waals surface area contributed by atoms with Crippen molar-refractivity contribution < 1.29 is 9.84 Å². The molecule has 1 aliphatic carbocycles. The number of aliphatic hydroxyl groups excluding tert-OH is 1. The number of aliphatic hydroxyl groups is 1. The number of nitrogens with one attached hydrogen (secondary N) is 2. The highest BCUT2D eigenvalue weighted by molar-refractivity contribution is 5.80. The SMILES string of the molecule is OC(CNC1CCCCC1)COc1ccc2[nH]ccc2c1. The molecule has 1 aromatic carbocycles. The largest absolute Gasteiger partial charge is 0.491 e. The van der Waals surface area contributed by atoms with Crippen molar-refractivity contribution in [2.75, 3.05) is 13.2 Å². The molecule has 0 radical (unpaired) electrons. The number of hydrogen-bond donors (Lipinski definition) is 3. The minimum Gasteiger partial charge on any atom is -0.491 e. The lowest BCUT2D eigenvalue weighted by Crippen LogP contribution is -2.38. The van der Waals surface area contributed by atoms with Gasteiger partial charge in [-0.05, 0) is 37.1 Å². The van der Waals surface area contributed by atoms with E-state index in [4.69, 9.17) is 4.74 Å². The maximum absolute atomic E-state index is 10.0. The number of fused-ring (bicyclic) bond motifs is 1. The van der Waals surface area contributed by atoms with Crippen LogP contribution in [-0.2, 0) is 0 Å². The number of benzene rings is 1. The van der Waals surface area contributed by atoms with Crippen LogP contribution in [0.3, 0.4) is 0 Å². The van der Waals surface area contributed by atoms with Gasteiger partial charge in [-0.15, -0.1) is 0 Å². The third kappa shape index (κ3) is 3.99. The fourth-order valence-corrected chi connectivity index (χ4v) is 2.98. The Morgan fingerprint density at radius 1 is 1.24 bits per heavy atom. The highest BCUT2D eigenvalue weighted by Gasteiger charge is 2.14. The summed E-state index contributed by atoms with van der Waals surface area (Å²) in [6.45, 7) is 0.937. The standard InChI is InChI=1S/C17H24N2O2/c20-15(11-19-14-4-2-1-3-5-14)12-21-16-6-7-17-13(10-16)8-9-18-17/h6-10,14-15,18-20H,1-5,11-12H2. The van der Waals surface area contributed by atoms with Gasteiger partial charge in [0.05, 0.1) is 0 Å². The van der Waals surface area contributed by atoms with E-state index < -0.39 is 6.10 Å². The second kappa shape index (κ2) is 6.96. The van der Waals surface area contributed by atoms with E-state index in [1.54, 1.807) is 0 Å². The molecule has 3 N–H and O–H groups in total. The van der Waals surface area contributed by atoms with E-state index >= 15 is 0 Å². The quantitative estimate of drug-likeness (QED) is 0.766. The first kappa shape index (κ1) is 14.4. The van der Waals surface area contributed by atoms with Crippen molar-refractivity contribution in [3.63, 3.8) is 0 Å². The van der Waals surface area contributed by atoms with E-state index in [9.17, 15) is 5.11 Å². The maximum Gasteiger partial charge on any atom is 0.120 e. The molecular formula is C17H24N2O2. The van der Waals surface area contributed by atoms with Crippen LogP contribution in [-0.4, -0.2) is 35.4 Å². The first-order valence-corrected chi connectivity index (χ1v) is 7.92. The molecule has 0 aliphatic heterocycles. The number of aromatic nitrogens is 1. The molecule has 21 heavy (non-hydrogen) atoms.